The van der Waals surface area contributed by atoms with Crippen LogP contribution < -0.4 is 5.48 Å². The Morgan fingerprint density at radius 1 is 1.29 bits per heavy atom. The molecule has 24 heavy (non-hydrogen) atoms. The van der Waals surface area contributed by atoms with Crippen LogP contribution in [0, 0.1) is 17.0 Å². The van der Waals surface area contributed by atoms with Crippen LogP contribution in [0.1, 0.15) is 50.3 Å². The Hall–Kier alpha value is -2.24. The maximum absolute atomic E-state index is 11.5. The van der Waals surface area contributed by atoms with Gasteiger partial charge in [-0.3, -0.25) is 10.1 Å². The summed E-state index contributed by atoms with van der Waals surface area (Å²) in [6.45, 7) is 9.72. The van der Waals surface area contributed by atoms with Crippen molar-refractivity contribution in [3.63, 3.8) is 0 Å². The highest BCUT2D eigenvalue weighted by atomic mass is 16.6. The number of rotatable bonds is 5. The van der Waals surface area contributed by atoms with E-state index in [1.54, 1.807) is 12.1 Å². The Balaban J connectivity index is 2.72. The van der Waals surface area contributed by atoms with Crippen molar-refractivity contribution in [1.29, 1.82) is 0 Å². The van der Waals surface area contributed by atoms with E-state index < -0.39 is 5.54 Å². The molecule has 0 bridgehead atoms. The second-order valence-electron chi connectivity index (χ2n) is 7.01. The lowest BCUT2D eigenvalue weighted by molar-refractivity contribution is -0.383. The standard InChI is InChI=1S/C19H24N2O3/c1-12(2)14-7-6-13(3)18-16(10-14)15(11-17(18)21(23)24)8-9-19(4,5)20-22/h6-12,20,22H,1-5H3. The molecular formula is C19H24N2O3. The van der Waals surface area contributed by atoms with Gasteiger partial charge in [0.2, 0.25) is 0 Å². The van der Waals surface area contributed by atoms with Crippen LogP contribution in [0.3, 0.4) is 0 Å². The smallest absolute Gasteiger partial charge is 0.278 e. The normalized spacial score (nSPS) is 12.5. The maximum Gasteiger partial charge on any atom is 0.278 e. The summed E-state index contributed by atoms with van der Waals surface area (Å²) in [5.41, 5.74) is 6.02. The highest BCUT2D eigenvalue weighted by Gasteiger charge is 2.25. The van der Waals surface area contributed by atoms with E-state index in [4.69, 9.17) is 0 Å². The fraction of sp³-hybridized carbons (Fsp3) is 0.368. The molecule has 0 amide bonds. The van der Waals surface area contributed by atoms with E-state index in [2.05, 4.69) is 19.3 Å². The van der Waals surface area contributed by atoms with Gasteiger partial charge in [-0.15, -0.1) is 0 Å². The van der Waals surface area contributed by atoms with Gasteiger partial charge in [0.25, 0.3) is 5.69 Å². The van der Waals surface area contributed by atoms with Crippen molar-refractivity contribution in [3.8, 4) is 11.1 Å². The molecule has 0 saturated carbocycles. The molecule has 2 aliphatic carbocycles. The van der Waals surface area contributed by atoms with E-state index in [0.29, 0.717) is 11.5 Å². The van der Waals surface area contributed by atoms with Gasteiger partial charge < -0.3 is 5.21 Å². The molecule has 0 saturated heterocycles. The summed E-state index contributed by atoms with van der Waals surface area (Å²) in [6, 6.07) is 7.60. The molecule has 0 aliphatic heterocycles. The predicted molar refractivity (Wildman–Crippen MR) is 96.6 cm³/mol. The van der Waals surface area contributed by atoms with E-state index in [1.165, 1.54) is 0 Å². The molecule has 0 spiro atoms. The Kier molecular flexibility index (Phi) is 5.06. The van der Waals surface area contributed by atoms with E-state index >= 15 is 0 Å². The first-order chi connectivity index (χ1) is 11.2. The van der Waals surface area contributed by atoms with Gasteiger partial charge in [-0.1, -0.05) is 44.2 Å². The van der Waals surface area contributed by atoms with Gasteiger partial charge in [-0.25, -0.2) is 0 Å². The van der Waals surface area contributed by atoms with E-state index in [-0.39, 0.29) is 10.6 Å². The summed E-state index contributed by atoms with van der Waals surface area (Å²) >= 11 is 0. The predicted octanol–water partition coefficient (Wildman–Crippen LogP) is 4.90. The third-order valence-electron chi connectivity index (χ3n) is 4.19. The number of nitrogens with one attached hydrogen (secondary N) is 1. The number of fused-ring (bicyclic) bond motifs is 1. The summed E-state index contributed by atoms with van der Waals surface area (Å²) < 4.78 is 0. The Bertz CT molecular complexity index is 764. The highest BCUT2D eigenvalue weighted by molar-refractivity contribution is 5.88. The maximum atomic E-state index is 11.5. The Morgan fingerprint density at radius 2 is 1.96 bits per heavy atom. The fourth-order valence-corrected chi connectivity index (χ4v) is 2.65. The molecule has 0 aromatic carbocycles. The first-order valence-electron chi connectivity index (χ1n) is 7.98. The van der Waals surface area contributed by atoms with E-state index in [1.807, 2.05) is 45.0 Å². The molecule has 0 aromatic rings. The van der Waals surface area contributed by atoms with Gasteiger partial charge in [0.1, 0.15) is 0 Å². The van der Waals surface area contributed by atoms with Gasteiger partial charge in [0, 0.05) is 6.07 Å². The number of nitrogens with zero attached hydrogens (tertiary/aromatic N) is 1. The molecule has 0 aromatic heterocycles. The average molecular weight is 328 g/mol. The van der Waals surface area contributed by atoms with E-state index in [9.17, 15) is 15.3 Å². The Morgan fingerprint density at radius 3 is 2.50 bits per heavy atom. The lowest BCUT2D eigenvalue weighted by atomic mass is 9.99. The van der Waals surface area contributed by atoms with Crippen LogP contribution in [0.25, 0.3) is 17.2 Å². The van der Waals surface area contributed by atoms with Crippen LogP contribution in [0.2, 0.25) is 0 Å². The first-order valence-corrected chi connectivity index (χ1v) is 7.98. The molecule has 0 atom stereocenters. The molecule has 0 radical (unpaired) electrons. The zero-order chi connectivity index (χ0) is 18.1. The average Bonchev–Trinajstić information content (AvgIpc) is 2.78. The molecule has 0 fully saturated rings. The topological polar surface area (TPSA) is 75.4 Å². The number of aryl methyl sites for hydroxylation is 1. The number of hydrogen-bond acceptors (Lipinski definition) is 4. The lowest BCUT2D eigenvalue weighted by Gasteiger charge is -2.16. The third kappa shape index (κ3) is 3.63. The van der Waals surface area contributed by atoms with Crippen LogP contribution in [0.5, 0.6) is 0 Å². The molecule has 2 N–H and O–H groups in total. The van der Waals surface area contributed by atoms with Crippen LogP contribution in [0.15, 0.2) is 30.3 Å². The minimum absolute atomic E-state index is 0.114. The summed E-state index contributed by atoms with van der Waals surface area (Å²) in [4.78, 5) is 11.2. The van der Waals surface area contributed by atoms with Gasteiger partial charge in [0.05, 0.1) is 16.0 Å². The summed E-state index contributed by atoms with van der Waals surface area (Å²) in [5, 5.41) is 20.7. The molecule has 0 heterocycles. The molecule has 0 unspecified atom stereocenters. The van der Waals surface area contributed by atoms with E-state index in [0.717, 1.165) is 22.3 Å². The molecule has 2 aliphatic rings. The van der Waals surface area contributed by atoms with Gasteiger partial charge in [-0.05, 0) is 48.9 Å². The fourth-order valence-electron chi connectivity index (χ4n) is 2.65. The van der Waals surface area contributed by atoms with Crippen molar-refractivity contribution in [3.05, 3.63) is 57.1 Å². The van der Waals surface area contributed by atoms with Gasteiger partial charge in [0.15, 0.2) is 0 Å². The number of hydroxylamine groups is 1. The molecule has 5 heteroatoms. The van der Waals surface area contributed by atoms with Crippen LogP contribution in [-0.2, 0) is 0 Å². The minimum atomic E-state index is -0.620. The number of nitro groups is 1. The first kappa shape index (κ1) is 18.1. The third-order valence-corrected chi connectivity index (χ3v) is 4.19. The van der Waals surface area contributed by atoms with Crippen molar-refractivity contribution >= 4 is 11.8 Å². The molecule has 5 nitrogen and oxygen atoms in total. The second-order valence-corrected chi connectivity index (χ2v) is 7.01. The van der Waals surface area contributed by atoms with Crippen molar-refractivity contribution in [2.24, 2.45) is 0 Å². The van der Waals surface area contributed by atoms with Gasteiger partial charge >= 0.3 is 0 Å². The molecule has 2 rings (SSSR count). The highest BCUT2D eigenvalue weighted by Crippen LogP contribution is 2.41. The van der Waals surface area contributed by atoms with Crippen molar-refractivity contribution in [2.45, 2.75) is 46.1 Å². The number of hydrogen-bond donors (Lipinski definition) is 2. The zero-order valence-electron chi connectivity index (χ0n) is 14.8. The lowest BCUT2D eigenvalue weighted by Crippen LogP contribution is -2.33. The largest absolute Gasteiger partial charge is 0.316 e. The summed E-state index contributed by atoms with van der Waals surface area (Å²) in [6.07, 6.45) is 3.62. The zero-order valence-corrected chi connectivity index (χ0v) is 14.8. The quantitative estimate of drug-likeness (QED) is 0.604. The van der Waals surface area contributed by atoms with Crippen LogP contribution >= 0.6 is 0 Å². The summed E-state index contributed by atoms with van der Waals surface area (Å²) in [5.74, 6) is 0.321. The van der Waals surface area contributed by atoms with Crippen LogP contribution in [0.4, 0.5) is 5.69 Å². The SMILES string of the molecule is Cc1ccc(C(C)C)cc2c(C=CC(C)(C)NO)cc([N+](=O)[O-])c1-2. The molecular weight excluding hydrogens is 304 g/mol. The monoisotopic (exact) mass is 328 g/mol. The second kappa shape index (κ2) is 6.71. The minimum Gasteiger partial charge on any atom is -0.316 e. The van der Waals surface area contributed by atoms with Crippen LogP contribution in [-0.4, -0.2) is 15.7 Å². The van der Waals surface area contributed by atoms with Crippen molar-refractivity contribution in [2.75, 3.05) is 0 Å². The molecule has 128 valence electrons. The van der Waals surface area contributed by atoms with Crippen molar-refractivity contribution < 1.29 is 10.1 Å². The Labute approximate surface area is 142 Å². The van der Waals surface area contributed by atoms with Crippen molar-refractivity contribution in [1.82, 2.24) is 5.48 Å². The summed E-state index contributed by atoms with van der Waals surface area (Å²) in [7, 11) is 0. The van der Waals surface area contributed by atoms with Gasteiger partial charge in [-0.2, -0.15) is 5.48 Å².